The molecule has 2 aliphatic carbocycles. The first kappa shape index (κ1) is 17.2. The van der Waals surface area contributed by atoms with Crippen LogP contribution in [0.2, 0.25) is 0 Å². The Morgan fingerprint density at radius 3 is 2.69 bits per heavy atom. The van der Waals surface area contributed by atoms with Gasteiger partial charge >= 0.3 is 5.97 Å². The molecule has 1 aromatic heterocycles. The van der Waals surface area contributed by atoms with E-state index in [4.69, 9.17) is 0 Å². The lowest BCUT2D eigenvalue weighted by molar-refractivity contribution is -0.149. The van der Waals surface area contributed by atoms with Crippen molar-refractivity contribution in [2.24, 2.45) is 5.41 Å². The van der Waals surface area contributed by atoms with Crippen molar-refractivity contribution in [3.05, 3.63) is 51.5 Å². The summed E-state index contributed by atoms with van der Waals surface area (Å²) in [6.45, 7) is 1.89. The number of carbonyl (C=O) groups excluding carboxylic acids is 1. The summed E-state index contributed by atoms with van der Waals surface area (Å²) < 4.78 is 0. The summed E-state index contributed by atoms with van der Waals surface area (Å²) in [7, 11) is 0. The average Bonchev–Trinajstić information content (AvgIpc) is 3.27. The van der Waals surface area contributed by atoms with Crippen LogP contribution in [0.15, 0.2) is 30.3 Å². The standard InChI is InChI=1S/C20H22N2O3S/c1-12(17-22-15-9-5-6-10-16(15)26-17)21-18(23)20(19(24)25)11-14(20)13-7-3-2-4-8-13/h2-4,7-8,12,14H,5-6,9-11H2,1H3,(H,21,23)(H,24,25). The van der Waals surface area contributed by atoms with E-state index in [1.54, 1.807) is 11.3 Å². The number of nitrogens with zero attached hydrogens (tertiary/aromatic N) is 1. The van der Waals surface area contributed by atoms with Gasteiger partial charge < -0.3 is 10.4 Å². The van der Waals surface area contributed by atoms with Gasteiger partial charge in [-0.1, -0.05) is 30.3 Å². The van der Waals surface area contributed by atoms with E-state index < -0.39 is 17.3 Å². The number of hydrogen-bond acceptors (Lipinski definition) is 4. The smallest absolute Gasteiger partial charge is 0.319 e. The van der Waals surface area contributed by atoms with Crippen LogP contribution in [0, 0.1) is 5.41 Å². The molecule has 3 unspecified atom stereocenters. The second-order valence-corrected chi connectivity index (χ2v) is 8.38. The minimum atomic E-state index is -1.35. The zero-order valence-electron chi connectivity index (χ0n) is 14.7. The van der Waals surface area contributed by atoms with Crippen molar-refractivity contribution in [3.63, 3.8) is 0 Å². The van der Waals surface area contributed by atoms with Crippen molar-refractivity contribution in [2.75, 3.05) is 0 Å². The van der Waals surface area contributed by atoms with Crippen LogP contribution >= 0.6 is 11.3 Å². The third kappa shape index (κ3) is 2.82. The van der Waals surface area contributed by atoms with E-state index in [1.165, 1.54) is 11.3 Å². The maximum atomic E-state index is 12.9. The highest BCUT2D eigenvalue weighted by Gasteiger charge is 2.66. The molecule has 1 aromatic carbocycles. The first-order chi connectivity index (χ1) is 12.5. The fraction of sp³-hybridized carbons (Fsp3) is 0.450. The van der Waals surface area contributed by atoms with Gasteiger partial charge in [0.15, 0.2) is 5.41 Å². The van der Waals surface area contributed by atoms with Crippen LogP contribution < -0.4 is 5.32 Å². The van der Waals surface area contributed by atoms with Crippen LogP contribution in [0.5, 0.6) is 0 Å². The highest BCUT2D eigenvalue weighted by Crippen LogP contribution is 2.59. The molecule has 26 heavy (non-hydrogen) atoms. The first-order valence-electron chi connectivity index (χ1n) is 9.10. The Hall–Kier alpha value is -2.21. The van der Waals surface area contributed by atoms with Gasteiger partial charge in [-0.3, -0.25) is 9.59 Å². The van der Waals surface area contributed by atoms with Crippen molar-refractivity contribution >= 4 is 23.2 Å². The number of carboxylic acids is 1. The van der Waals surface area contributed by atoms with Crippen LogP contribution in [0.4, 0.5) is 0 Å². The van der Waals surface area contributed by atoms with E-state index in [9.17, 15) is 14.7 Å². The van der Waals surface area contributed by atoms with Gasteiger partial charge in [0.1, 0.15) is 5.01 Å². The third-order valence-corrected chi connectivity index (χ3v) is 6.87. The number of aryl methyl sites for hydroxylation is 2. The van der Waals surface area contributed by atoms with Crippen LogP contribution in [0.25, 0.3) is 0 Å². The summed E-state index contributed by atoms with van der Waals surface area (Å²) in [6.07, 6.45) is 4.76. The van der Waals surface area contributed by atoms with Crippen LogP contribution in [-0.2, 0) is 22.4 Å². The van der Waals surface area contributed by atoms with Crippen LogP contribution in [-0.4, -0.2) is 22.0 Å². The molecule has 1 amide bonds. The van der Waals surface area contributed by atoms with Crippen molar-refractivity contribution < 1.29 is 14.7 Å². The molecular weight excluding hydrogens is 348 g/mol. The predicted octanol–water partition coefficient (Wildman–Crippen LogP) is 3.46. The predicted molar refractivity (Wildman–Crippen MR) is 99.2 cm³/mol. The molecule has 0 spiro atoms. The third-order valence-electron chi connectivity index (χ3n) is 5.53. The number of carbonyl (C=O) groups is 2. The molecule has 0 bridgehead atoms. The Bertz CT molecular complexity index is 824. The number of carboxylic acid groups (broad SMARTS) is 1. The minimum absolute atomic E-state index is 0.266. The molecule has 2 aliphatic rings. The molecule has 2 aromatic rings. The van der Waals surface area contributed by atoms with Gasteiger partial charge in [0, 0.05) is 10.8 Å². The number of amides is 1. The second-order valence-electron chi connectivity index (χ2n) is 7.27. The van der Waals surface area contributed by atoms with Crippen molar-refractivity contribution in [3.8, 4) is 0 Å². The summed E-state index contributed by atoms with van der Waals surface area (Å²) >= 11 is 1.65. The fourth-order valence-corrected chi connectivity index (χ4v) is 5.04. The van der Waals surface area contributed by atoms with Crippen LogP contribution in [0.3, 0.4) is 0 Å². The molecule has 6 heteroatoms. The monoisotopic (exact) mass is 370 g/mol. The SMILES string of the molecule is CC(NC(=O)C1(C(=O)O)CC1c1ccccc1)c1nc2c(s1)CCCC2. The van der Waals surface area contributed by atoms with E-state index in [2.05, 4.69) is 10.3 Å². The number of hydrogen-bond donors (Lipinski definition) is 2. The summed E-state index contributed by atoms with van der Waals surface area (Å²) in [4.78, 5) is 30.8. The quantitative estimate of drug-likeness (QED) is 0.790. The number of nitrogens with one attached hydrogen (secondary N) is 1. The number of rotatable bonds is 5. The van der Waals surface area contributed by atoms with Crippen LogP contribution in [0.1, 0.15) is 59.3 Å². The van der Waals surface area contributed by atoms with Gasteiger partial charge in [0.25, 0.3) is 0 Å². The number of aromatic nitrogens is 1. The first-order valence-corrected chi connectivity index (χ1v) is 9.92. The van der Waals surface area contributed by atoms with E-state index in [-0.39, 0.29) is 12.0 Å². The lowest BCUT2D eigenvalue weighted by Crippen LogP contribution is -2.39. The minimum Gasteiger partial charge on any atom is -0.480 e. The van der Waals surface area contributed by atoms with Gasteiger partial charge in [-0.25, -0.2) is 4.98 Å². The topological polar surface area (TPSA) is 79.3 Å². The lowest BCUT2D eigenvalue weighted by atomic mass is 9.98. The van der Waals surface area contributed by atoms with Crippen molar-refractivity contribution in [2.45, 2.75) is 51.0 Å². The summed E-state index contributed by atoms with van der Waals surface area (Å²) in [5, 5.41) is 13.5. The molecule has 0 radical (unpaired) electrons. The number of aliphatic carboxylic acids is 1. The Labute approximate surface area is 156 Å². The summed E-state index contributed by atoms with van der Waals surface area (Å²) in [6, 6.07) is 9.15. The zero-order chi connectivity index (χ0) is 18.3. The molecule has 2 N–H and O–H groups in total. The van der Waals surface area contributed by atoms with Gasteiger partial charge in [-0.05, 0) is 44.6 Å². The highest BCUT2D eigenvalue weighted by molar-refractivity contribution is 7.11. The second kappa shape index (κ2) is 6.50. The Balaban J connectivity index is 1.51. The van der Waals surface area contributed by atoms with Gasteiger partial charge in [0.05, 0.1) is 11.7 Å². The highest BCUT2D eigenvalue weighted by atomic mass is 32.1. The van der Waals surface area contributed by atoms with E-state index in [0.717, 1.165) is 35.5 Å². The molecule has 0 saturated heterocycles. The molecule has 5 nitrogen and oxygen atoms in total. The largest absolute Gasteiger partial charge is 0.480 e. The summed E-state index contributed by atoms with van der Waals surface area (Å²) in [5.74, 6) is -1.72. The molecule has 136 valence electrons. The maximum absolute atomic E-state index is 12.9. The normalized spacial score (nSPS) is 25.2. The zero-order valence-corrected chi connectivity index (χ0v) is 15.5. The molecule has 1 heterocycles. The Morgan fingerprint density at radius 1 is 1.27 bits per heavy atom. The molecule has 3 atom stereocenters. The lowest BCUT2D eigenvalue weighted by Gasteiger charge is -2.17. The van der Waals surface area contributed by atoms with Gasteiger partial charge in [-0.15, -0.1) is 11.3 Å². The average molecular weight is 370 g/mol. The molecule has 1 fully saturated rings. The van der Waals surface area contributed by atoms with E-state index in [1.807, 2.05) is 37.3 Å². The maximum Gasteiger partial charge on any atom is 0.319 e. The summed E-state index contributed by atoms with van der Waals surface area (Å²) in [5.41, 5.74) is 0.702. The number of thiazole rings is 1. The van der Waals surface area contributed by atoms with Gasteiger partial charge in [0.2, 0.25) is 5.91 Å². The Morgan fingerprint density at radius 2 is 2.00 bits per heavy atom. The number of fused-ring (bicyclic) bond motifs is 1. The molecule has 1 saturated carbocycles. The Kier molecular flexibility index (Phi) is 4.31. The van der Waals surface area contributed by atoms with Crippen molar-refractivity contribution in [1.29, 1.82) is 0 Å². The number of benzene rings is 1. The molecular formula is C20H22N2O3S. The van der Waals surface area contributed by atoms with E-state index >= 15 is 0 Å². The molecule has 0 aliphatic heterocycles. The van der Waals surface area contributed by atoms with E-state index in [0.29, 0.717) is 6.42 Å². The van der Waals surface area contributed by atoms with Gasteiger partial charge in [-0.2, -0.15) is 0 Å². The van der Waals surface area contributed by atoms with Crippen molar-refractivity contribution in [1.82, 2.24) is 10.3 Å². The molecule has 4 rings (SSSR count). The fourth-order valence-electron chi connectivity index (χ4n) is 3.88.